The molecule has 4 aliphatic rings. The molecule has 4 fully saturated rings. The lowest BCUT2D eigenvalue weighted by molar-refractivity contribution is -0.147. The van der Waals surface area contributed by atoms with Crippen LogP contribution in [0.4, 0.5) is 0 Å². The number of piperidine rings is 1. The fraction of sp³-hybridized carbons (Fsp3) is 0.565. The van der Waals surface area contributed by atoms with Crippen LogP contribution in [0.25, 0.3) is 11.4 Å². The van der Waals surface area contributed by atoms with E-state index in [1.807, 2.05) is 30.3 Å². The van der Waals surface area contributed by atoms with E-state index >= 15 is 0 Å². The van der Waals surface area contributed by atoms with Gasteiger partial charge in [0.2, 0.25) is 23.5 Å². The topological polar surface area (TPSA) is 101 Å². The number of imide groups is 1. The SMILES string of the molecule is O=C(CN1C(=O)C2C3CCC(C3)C2C1=O)N1CCC(n2nnc(-c3ccccc3)n2)CC1. The zero-order valence-corrected chi connectivity index (χ0v) is 17.8. The zero-order chi connectivity index (χ0) is 21.8. The van der Waals surface area contributed by atoms with Crippen LogP contribution < -0.4 is 0 Å². The van der Waals surface area contributed by atoms with Crippen LogP contribution in [-0.4, -0.2) is 67.4 Å². The van der Waals surface area contributed by atoms with Gasteiger partial charge in [-0.1, -0.05) is 30.3 Å². The fourth-order valence-electron chi connectivity index (χ4n) is 6.29. The quantitative estimate of drug-likeness (QED) is 0.677. The molecule has 9 nitrogen and oxygen atoms in total. The average molecular weight is 435 g/mol. The minimum absolute atomic E-state index is 0.0778. The van der Waals surface area contributed by atoms with E-state index in [1.54, 1.807) is 9.70 Å². The van der Waals surface area contributed by atoms with E-state index in [9.17, 15) is 14.4 Å². The number of rotatable bonds is 4. The molecule has 2 aromatic rings. The number of likely N-dealkylation sites (tertiary alicyclic amines) is 2. The number of hydrogen-bond donors (Lipinski definition) is 0. The Balaban J connectivity index is 1.06. The minimum Gasteiger partial charge on any atom is -0.341 e. The highest BCUT2D eigenvalue weighted by Crippen LogP contribution is 2.56. The van der Waals surface area contributed by atoms with Gasteiger partial charge >= 0.3 is 0 Å². The first-order chi connectivity index (χ1) is 15.6. The van der Waals surface area contributed by atoms with Crippen LogP contribution >= 0.6 is 0 Å². The molecule has 9 heteroatoms. The molecule has 3 heterocycles. The first-order valence-electron chi connectivity index (χ1n) is 11.6. The molecule has 2 aliphatic carbocycles. The van der Waals surface area contributed by atoms with Crippen molar-refractivity contribution in [2.24, 2.45) is 23.7 Å². The standard InChI is InChI=1S/C23H26N6O3/c30-18(13-28-22(31)19-15-6-7-16(12-15)20(19)23(28)32)27-10-8-17(9-11-27)29-25-21(24-26-29)14-4-2-1-3-5-14/h1-5,15-17,19-20H,6-13H2. The molecule has 166 valence electrons. The third kappa shape index (κ3) is 3.05. The van der Waals surface area contributed by atoms with Gasteiger partial charge in [0.15, 0.2) is 0 Å². The predicted molar refractivity (Wildman–Crippen MR) is 113 cm³/mol. The van der Waals surface area contributed by atoms with Gasteiger partial charge in [0.25, 0.3) is 0 Å². The zero-order valence-electron chi connectivity index (χ0n) is 17.8. The summed E-state index contributed by atoms with van der Waals surface area (Å²) >= 11 is 0. The lowest BCUT2D eigenvalue weighted by Gasteiger charge is -2.32. The van der Waals surface area contributed by atoms with E-state index in [2.05, 4.69) is 15.4 Å². The Kier molecular flexibility index (Phi) is 4.58. The maximum atomic E-state index is 12.9. The first kappa shape index (κ1) is 19.6. The van der Waals surface area contributed by atoms with Crippen molar-refractivity contribution < 1.29 is 14.4 Å². The Bertz CT molecular complexity index is 1030. The summed E-state index contributed by atoms with van der Waals surface area (Å²) in [6.45, 7) is 0.995. The molecule has 4 atom stereocenters. The highest BCUT2D eigenvalue weighted by atomic mass is 16.2. The number of tetrazole rings is 1. The highest BCUT2D eigenvalue weighted by Gasteiger charge is 2.61. The normalized spacial score (nSPS) is 29.8. The molecule has 0 spiro atoms. The Morgan fingerprint density at radius 1 is 0.938 bits per heavy atom. The second-order valence-corrected chi connectivity index (χ2v) is 9.56. The van der Waals surface area contributed by atoms with Crippen LogP contribution in [0.3, 0.4) is 0 Å². The maximum absolute atomic E-state index is 12.9. The van der Waals surface area contributed by atoms with Crippen molar-refractivity contribution in [3.05, 3.63) is 30.3 Å². The molecule has 1 aromatic carbocycles. The van der Waals surface area contributed by atoms with Crippen molar-refractivity contribution in [3.63, 3.8) is 0 Å². The van der Waals surface area contributed by atoms with Crippen LogP contribution in [0.15, 0.2) is 30.3 Å². The monoisotopic (exact) mass is 434 g/mol. The van der Waals surface area contributed by atoms with E-state index in [4.69, 9.17) is 0 Å². The van der Waals surface area contributed by atoms with Gasteiger partial charge in [0.1, 0.15) is 6.54 Å². The largest absolute Gasteiger partial charge is 0.341 e. The van der Waals surface area contributed by atoms with Gasteiger partial charge in [-0.15, -0.1) is 10.2 Å². The van der Waals surface area contributed by atoms with Crippen LogP contribution in [0.2, 0.25) is 0 Å². The molecule has 2 saturated carbocycles. The molecule has 2 bridgehead atoms. The highest BCUT2D eigenvalue weighted by molar-refractivity contribution is 6.08. The van der Waals surface area contributed by atoms with Crippen molar-refractivity contribution in [1.82, 2.24) is 30.0 Å². The van der Waals surface area contributed by atoms with E-state index in [0.29, 0.717) is 43.6 Å². The predicted octanol–water partition coefficient (Wildman–Crippen LogP) is 1.53. The number of carbonyl (C=O) groups is 3. The number of amides is 3. The smallest absolute Gasteiger partial charge is 0.242 e. The molecule has 6 rings (SSSR count). The summed E-state index contributed by atoms with van der Waals surface area (Å²) in [5.41, 5.74) is 0.921. The molecule has 0 radical (unpaired) electrons. The van der Waals surface area contributed by atoms with Crippen LogP contribution in [-0.2, 0) is 14.4 Å². The average Bonchev–Trinajstić information content (AvgIpc) is 3.61. The van der Waals surface area contributed by atoms with Gasteiger partial charge in [-0.3, -0.25) is 19.3 Å². The Labute approximate surface area is 185 Å². The summed E-state index contributed by atoms with van der Waals surface area (Å²) in [6, 6.07) is 9.79. The molecule has 3 amide bonds. The maximum Gasteiger partial charge on any atom is 0.242 e. The van der Waals surface area contributed by atoms with Crippen LogP contribution in [0.5, 0.6) is 0 Å². The van der Waals surface area contributed by atoms with Gasteiger partial charge in [-0.2, -0.15) is 4.80 Å². The van der Waals surface area contributed by atoms with Gasteiger partial charge in [-0.05, 0) is 49.2 Å². The van der Waals surface area contributed by atoms with Gasteiger partial charge < -0.3 is 4.90 Å². The summed E-state index contributed by atoms with van der Waals surface area (Å²) in [6.07, 6.45) is 4.52. The lowest BCUT2D eigenvalue weighted by atomic mass is 9.81. The summed E-state index contributed by atoms with van der Waals surface area (Å²) in [4.78, 5) is 43.3. The second kappa shape index (κ2) is 7.50. The summed E-state index contributed by atoms with van der Waals surface area (Å²) in [5.74, 6) is 0.561. The van der Waals surface area contributed by atoms with Crippen LogP contribution in [0, 0.1) is 23.7 Å². The molecular weight excluding hydrogens is 408 g/mol. The van der Waals surface area contributed by atoms with Crippen molar-refractivity contribution >= 4 is 17.7 Å². The number of hydrogen-bond acceptors (Lipinski definition) is 6. The molecule has 32 heavy (non-hydrogen) atoms. The van der Waals surface area contributed by atoms with Crippen molar-refractivity contribution in [2.75, 3.05) is 19.6 Å². The third-order valence-corrected chi connectivity index (χ3v) is 7.92. The Morgan fingerprint density at radius 3 is 2.25 bits per heavy atom. The van der Waals surface area contributed by atoms with Gasteiger partial charge in [-0.25, -0.2) is 0 Å². The minimum atomic E-state index is -0.169. The van der Waals surface area contributed by atoms with Gasteiger partial charge in [0.05, 0.1) is 17.9 Å². The van der Waals surface area contributed by atoms with Crippen molar-refractivity contribution in [2.45, 2.75) is 38.1 Å². The molecule has 4 unspecified atom stereocenters. The molecular formula is C23H26N6O3. The number of fused-ring (bicyclic) bond motifs is 5. The van der Waals surface area contributed by atoms with Gasteiger partial charge in [0, 0.05) is 18.7 Å². The summed E-state index contributed by atoms with van der Waals surface area (Å²) in [5, 5.41) is 12.9. The van der Waals surface area contributed by atoms with Crippen LogP contribution in [0.1, 0.15) is 38.1 Å². The van der Waals surface area contributed by atoms with Crippen molar-refractivity contribution in [1.29, 1.82) is 0 Å². The molecule has 1 aromatic heterocycles. The second-order valence-electron chi connectivity index (χ2n) is 9.56. The molecule has 2 aliphatic heterocycles. The summed E-state index contributed by atoms with van der Waals surface area (Å²) < 4.78 is 0. The van der Waals surface area contributed by atoms with E-state index in [-0.39, 0.29) is 42.1 Å². The van der Waals surface area contributed by atoms with E-state index in [0.717, 1.165) is 24.8 Å². The Hall–Kier alpha value is -3.10. The number of nitrogens with zero attached hydrogens (tertiary/aromatic N) is 6. The first-order valence-corrected chi connectivity index (χ1v) is 11.6. The number of carbonyl (C=O) groups excluding carboxylic acids is 3. The number of aromatic nitrogens is 4. The number of benzene rings is 1. The fourth-order valence-corrected chi connectivity index (χ4v) is 6.29. The van der Waals surface area contributed by atoms with E-state index in [1.165, 1.54) is 4.90 Å². The molecule has 2 saturated heterocycles. The van der Waals surface area contributed by atoms with E-state index < -0.39 is 0 Å². The lowest BCUT2D eigenvalue weighted by Crippen LogP contribution is -2.46. The molecule has 0 N–H and O–H groups in total. The van der Waals surface area contributed by atoms with Crippen molar-refractivity contribution in [3.8, 4) is 11.4 Å². The third-order valence-electron chi connectivity index (χ3n) is 7.92. The summed E-state index contributed by atoms with van der Waals surface area (Å²) in [7, 11) is 0. The Morgan fingerprint density at radius 2 is 1.59 bits per heavy atom.